The van der Waals surface area contributed by atoms with Gasteiger partial charge >= 0.3 is 0 Å². The van der Waals surface area contributed by atoms with Crippen molar-refractivity contribution in [3.8, 4) is 17.2 Å². The van der Waals surface area contributed by atoms with E-state index in [0.717, 1.165) is 28.9 Å². The third kappa shape index (κ3) is 4.59. The summed E-state index contributed by atoms with van der Waals surface area (Å²) in [6, 6.07) is 24.3. The standard InChI is InChI=1S/C29H32N2O4/c1-19-15-24-23-11-7-8-12-25(23)30-28(24)29(20-13-14-26(33-2)27(16-20)34-3)31(19)17-21(32)18-35-22-9-5-4-6-10-22/h4-14,16,19,21,29-30,32H,15,17-18H2,1-3H3/t19-,21+,29+/m1/s1. The fraction of sp³-hybridized carbons (Fsp3) is 0.310. The fourth-order valence-electron chi connectivity index (χ4n) is 5.18. The maximum Gasteiger partial charge on any atom is 0.161 e. The molecule has 3 atom stereocenters. The highest BCUT2D eigenvalue weighted by Crippen LogP contribution is 2.42. The van der Waals surface area contributed by atoms with Crippen LogP contribution in [0, 0.1) is 0 Å². The number of β-amino-alcohol motifs (C(OH)–C–C–N with tert-alkyl or cyclic N) is 1. The van der Waals surface area contributed by atoms with Gasteiger partial charge in [0.25, 0.3) is 0 Å². The summed E-state index contributed by atoms with van der Waals surface area (Å²) in [5, 5.41) is 12.3. The molecule has 1 aliphatic heterocycles. The topological polar surface area (TPSA) is 67.0 Å². The lowest BCUT2D eigenvalue weighted by molar-refractivity contribution is 0.0364. The average molecular weight is 473 g/mol. The molecular formula is C29H32N2O4. The van der Waals surface area contributed by atoms with Crippen molar-refractivity contribution in [3.63, 3.8) is 0 Å². The van der Waals surface area contributed by atoms with Crippen LogP contribution in [-0.2, 0) is 6.42 Å². The highest BCUT2D eigenvalue weighted by molar-refractivity contribution is 5.85. The Morgan fingerprint density at radius 1 is 0.971 bits per heavy atom. The van der Waals surface area contributed by atoms with E-state index in [1.807, 2.05) is 42.5 Å². The van der Waals surface area contributed by atoms with Gasteiger partial charge in [-0.15, -0.1) is 0 Å². The highest BCUT2D eigenvalue weighted by atomic mass is 16.5. The number of aromatic nitrogens is 1. The van der Waals surface area contributed by atoms with Crippen LogP contribution in [0.15, 0.2) is 72.8 Å². The molecular weight excluding hydrogens is 440 g/mol. The number of hydrogen-bond acceptors (Lipinski definition) is 5. The van der Waals surface area contributed by atoms with Crippen molar-refractivity contribution in [2.75, 3.05) is 27.4 Å². The Kier molecular flexibility index (Phi) is 6.66. The van der Waals surface area contributed by atoms with Crippen molar-refractivity contribution in [1.29, 1.82) is 0 Å². The van der Waals surface area contributed by atoms with Gasteiger partial charge in [-0.25, -0.2) is 0 Å². The lowest BCUT2D eigenvalue weighted by Gasteiger charge is -2.42. The SMILES string of the molecule is COc1ccc([C@H]2c3[nH]c4ccccc4c3C[C@@H](C)N2C[C@H](O)COc2ccccc2)cc1OC. The van der Waals surface area contributed by atoms with E-state index < -0.39 is 6.10 Å². The maximum atomic E-state index is 11.0. The number of fused-ring (bicyclic) bond motifs is 3. The van der Waals surface area contributed by atoms with Crippen LogP contribution in [0.2, 0.25) is 0 Å². The first-order valence-corrected chi connectivity index (χ1v) is 12.0. The number of nitrogens with zero attached hydrogens (tertiary/aromatic N) is 1. The molecule has 0 radical (unpaired) electrons. The number of ether oxygens (including phenoxy) is 3. The van der Waals surface area contributed by atoms with Gasteiger partial charge in [0.15, 0.2) is 11.5 Å². The molecule has 1 aliphatic rings. The molecule has 0 fully saturated rings. The molecule has 4 aromatic rings. The van der Waals surface area contributed by atoms with Crippen LogP contribution in [0.4, 0.5) is 0 Å². The van der Waals surface area contributed by atoms with Gasteiger partial charge in [-0.05, 0) is 54.8 Å². The van der Waals surface area contributed by atoms with Gasteiger partial charge in [0.2, 0.25) is 0 Å². The molecule has 0 bridgehead atoms. The molecule has 0 aliphatic carbocycles. The Labute approximate surface area is 206 Å². The first-order valence-electron chi connectivity index (χ1n) is 12.0. The van der Waals surface area contributed by atoms with E-state index in [1.54, 1.807) is 14.2 Å². The van der Waals surface area contributed by atoms with Gasteiger partial charge in [0.05, 0.1) is 20.3 Å². The van der Waals surface area contributed by atoms with Gasteiger partial charge in [-0.3, -0.25) is 4.90 Å². The van der Waals surface area contributed by atoms with Crippen molar-refractivity contribution in [2.24, 2.45) is 0 Å². The Bertz CT molecular complexity index is 1290. The third-order valence-corrected chi connectivity index (χ3v) is 6.85. The van der Waals surface area contributed by atoms with Gasteiger partial charge in [-0.1, -0.05) is 42.5 Å². The number of para-hydroxylation sites is 2. The van der Waals surface area contributed by atoms with Crippen LogP contribution >= 0.6 is 0 Å². The molecule has 35 heavy (non-hydrogen) atoms. The summed E-state index contributed by atoms with van der Waals surface area (Å²) >= 11 is 0. The number of benzene rings is 3. The maximum absolute atomic E-state index is 11.0. The van der Waals surface area contributed by atoms with E-state index in [2.05, 4.69) is 47.1 Å². The Morgan fingerprint density at radius 3 is 2.49 bits per heavy atom. The van der Waals surface area contributed by atoms with Gasteiger partial charge < -0.3 is 24.3 Å². The second-order valence-corrected chi connectivity index (χ2v) is 9.11. The van der Waals surface area contributed by atoms with Crippen molar-refractivity contribution < 1.29 is 19.3 Å². The van der Waals surface area contributed by atoms with Gasteiger partial charge in [-0.2, -0.15) is 0 Å². The predicted octanol–water partition coefficient (Wildman–Crippen LogP) is 4.96. The van der Waals surface area contributed by atoms with Gasteiger partial charge in [0.1, 0.15) is 18.5 Å². The minimum absolute atomic E-state index is 0.0765. The normalized spacial score (nSPS) is 18.7. The van der Waals surface area contributed by atoms with Crippen LogP contribution < -0.4 is 14.2 Å². The average Bonchev–Trinajstić information content (AvgIpc) is 3.26. The fourth-order valence-corrected chi connectivity index (χ4v) is 5.18. The van der Waals surface area contributed by atoms with E-state index in [1.165, 1.54) is 10.9 Å². The zero-order valence-electron chi connectivity index (χ0n) is 20.4. The summed E-state index contributed by atoms with van der Waals surface area (Å²) in [5.41, 5.74) is 4.70. The van der Waals surface area contributed by atoms with Crippen LogP contribution in [0.1, 0.15) is 29.8 Å². The zero-order valence-corrected chi connectivity index (χ0v) is 20.4. The van der Waals surface area contributed by atoms with Crippen molar-refractivity contribution >= 4 is 10.9 Å². The summed E-state index contributed by atoms with van der Waals surface area (Å²) in [6.45, 7) is 2.93. The number of methoxy groups -OCH3 is 2. The summed E-state index contributed by atoms with van der Waals surface area (Å²) in [4.78, 5) is 6.04. The summed E-state index contributed by atoms with van der Waals surface area (Å²) in [7, 11) is 3.30. The largest absolute Gasteiger partial charge is 0.493 e. The molecule has 1 aromatic heterocycles. The first kappa shape index (κ1) is 23.3. The van der Waals surface area contributed by atoms with E-state index in [4.69, 9.17) is 14.2 Å². The Morgan fingerprint density at radius 2 is 1.71 bits per heavy atom. The second kappa shape index (κ2) is 10.0. The van der Waals surface area contributed by atoms with Crippen LogP contribution in [-0.4, -0.2) is 54.5 Å². The molecule has 5 rings (SSSR count). The van der Waals surface area contributed by atoms with E-state index >= 15 is 0 Å². The van der Waals surface area contributed by atoms with Crippen LogP contribution in [0.25, 0.3) is 10.9 Å². The second-order valence-electron chi connectivity index (χ2n) is 9.11. The highest BCUT2D eigenvalue weighted by Gasteiger charge is 2.37. The van der Waals surface area contributed by atoms with E-state index in [9.17, 15) is 5.11 Å². The van der Waals surface area contributed by atoms with E-state index in [0.29, 0.717) is 18.0 Å². The lowest BCUT2D eigenvalue weighted by atomic mass is 9.88. The molecule has 0 saturated carbocycles. The molecule has 2 heterocycles. The minimum Gasteiger partial charge on any atom is -0.493 e. The zero-order chi connectivity index (χ0) is 24.4. The van der Waals surface area contributed by atoms with Gasteiger partial charge in [0, 0.05) is 29.2 Å². The molecule has 182 valence electrons. The Balaban J connectivity index is 1.51. The minimum atomic E-state index is -0.647. The number of aliphatic hydroxyl groups excluding tert-OH is 1. The van der Waals surface area contributed by atoms with Crippen LogP contribution in [0.5, 0.6) is 17.2 Å². The molecule has 0 saturated heterocycles. The number of H-pyrrole nitrogens is 1. The van der Waals surface area contributed by atoms with Crippen molar-refractivity contribution in [1.82, 2.24) is 9.88 Å². The molecule has 0 unspecified atom stereocenters. The monoisotopic (exact) mass is 472 g/mol. The summed E-state index contributed by atoms with van der Waals surface area (Å²) in [6.07, 6.45) is 0.251. The molecule has 2 N–H and O–H groups in total. The van der Waals surface area contributed by atoms with Crippen molar-refractivity contribution in [2.45, 2.75) is 31.5 Å². The lowest BCUT2D eigenvalue weighted by Crippen LogP contribution is -2.47. The molecule has 0 spiro atoms. The van der Waals surface area contributed by atoms with Crippen LogP contribution in [0.3, 0.4) is 0 Å². The summed E-state index contributed by atoms with van der Waals surface area (Å²) in [5.74, 6) is 2.14. The predicted molar refractivity (Wildman–Crippen MR) is 138 cm³/mol. The molecule has 3 aromatic carbocycles. The summed E-state index contributed by atoms with van der Waals surface area (Å²) < 4.78 is 17.0. The quantitative estimate of drug-likeness (QED) is 0.379. The number of aromatic amines is 1. The molecule has 6 heteroatoms. The molecule has 6 nitrogen and oxygen atoms in total. The third-order valence-electron chi connectivity index (χ3n) is 6.85. The van der Waals surface area contributed by atoms with Crippen molar-refractivity contribution in [3.05, 3.63) is 89.6 Å². The number of nitrogens with one attached hydrogen (secondary N) is 1. The number of hydrogen-bond donors (Lipinski definition) is 2. The first-order chi connectivity index (χ1) is 17.1. The Hall–Kier alpha value is -3.48. The molecule has 0 amide bonds. The number of aliphatic hydroxyl groups is 1. The smallest absolute Gasteiger partial charge is 0.161 e. The number of rotatable bonds is 8. The van der Waals surface area contributed by atoms with E-state index in [-0.39, 0.29) is 18.7 Å².